The van der Waals surface area contributed by atoms with E-state index >= 15 is 0 Å². The van der Waals surface area contributed by atoms with E-state index in [0.29, 0.717) is 6.04 Å². The molecule has 0 saturated carbocycles. The van der Waals surface area contributed by atoms with Crippen molar-refractivity contribution in [2.75, 3.05) is 18.4 Å². The molecule has 0 atom stereocenters. The van der Waals surface area contributed by atoms with E-state index < -0.39 is 0 Å². The number of hydrogen-bond acceptors (Lipinski definition) is 7. The number of aromatic amines is 1. The number of nitrogens with zero attached hydrogens (tertiary/aromatic N) is 3. The Morgan fingerprint density at radius 3 is 2.76 bits per heavy atom. The lowest BCUT2D eigenvalue weighted by molar-refractivity contribution is 0.477. The SMILES string of the molecule is Cc1cc2nc(NC3CCNCC3)sc2nc1-c1ccc(-c2cn[nH]c2)cc1O. The van der Waals surface area contributed by atoms with Crippen molar-refractivity contribution in [3.05, 3.63) is 42.2 Å². The average molecular weight is 407 g/mol. The molecule has 0 spiro atoms. The number of aryl methyl sites for hydroxylation is 1. The summed E-state index contributed by atoms with van der Waals surface area (Å²) >= 11 is 1.57. The smallest absolute Gasteiger partial charge is 0.185 e. The Labute approximate surface area is 172 Å². The van der Waals surface area contributed by atoms with Gasteiger partial charge in [-0.05, 0) is 62.2 Å². The Hall–Kier alpha value is -2.97. The van der Waals surface area contributed by atoms with Crippen LogP contribution in [0.5, 0.6) is 5.75 Å². The van der Waals surface area contributed by atoms with Crippen LogP contribution >= 0.6 is 11.3 Å². The predicted octanol–water partition coefficient (Wildman–Crippen LogP) is 3.93. The Morgan fingerprint density at radius 1 is 1.14 bits per heavy atom. The normalized spacial score (nSPS) is 15.1. The summed E-state index contributed by atoms with van der Waals surface area (Å²) in [5, 5.41) is 25.3. The van der Waals surface area contributed by atoms with Gasteiger partial charge in [-0.2, -0.15) is 5.10 Å². The molecular formula is C21H22N6OS. The molecule has 0 unspecified atom stereocenters. The summed E-state index contributed by atoms with van der Waals surface area (Å²) in [4.78, 5) is 10.4. The van der Waals surface area contributed by atoms with E-state index in [4.69, 9.17) is 9.97 Å². The third kappa shape index (κ3) is 3.56. The Morgan fingerprint density at radius 2 is 2.00 bits per heavy atom. The van der Waals surface area contributed by atoms with E-state index in [1.54, 1.807) is 29.8 Å². The molecule has 8 heteroatoms. The molecule has 1 saturated heterocycles. The highest BCUT2D eigenvalue weighted by molar-refractivity contribution is 7.21. The van der Waals surface area contributed by atoms with Crippen molar-refractivity contribution in [1.29, 1.82) is 0 Å². The Kier molecular flexibility index (Phi) is 4.65. The highest BCUT2D eigenvalue weighted by Gasteiger charge is 2.17. The van der Waals surface area contributed by atoms with Crippen molar-refractivity contribution >= 4 is 26.8 Å². The lowest BCUT2D eigenvalue weighted by Gasteiger charge is -2.23. The number of benzene rings is 1. The molecule has 29 heavy (non-hydrogen) atoms. The highest BCUT2D eigenvalue weighted by atomic mass is 32.1. The van der Waals surface area contributed by atoms with Crippen LogP contribution in [0.2, 0.25) is 0 Å². The summed E-state index contributed by atoms with van der Waals surface area (Å²) in [6.45, 7) is 4.08. The molecule has 1 aromatic carbocycles. The van der Waals surface area contributed by atoms with Crippen molar-refractivity contribution in [3.63, 3.8) is 0 Å². The molecule has 0 bridgehead atoms. The van der Waals surface area contributed by atoms with Gasteiger partial charge in [0, 0.05) is 23.4 Å². The van der Waals surface area contributed by atoms with Crippen molar-refractivity contribution in [1.82, 2.24) is 25.5 Å². The molecule has 148 valence electrons. The summed E-state index contributed by atoms with van der Waals surface area (Å²) in [5.74, 6) is 0.205. The van der Waals surface area contributed by atoms with Crippen LogP contribution in [0.4, 0.5) is 5.13 Å². The van der Waals surface area contributed by atoms with Crippen LogP contribution in [-0.4, -0.2) is 44.4 Å². The number of fused-ring (bicyclic) bond motifs is 1. The maximum absolute atomic E-state index is 10.7. The topological polar surface area (TPSA) is 98.8 Å². The zero-order chi connectivity index (χ0) is 19.8. The number of aromatic nitrogens is 4. The third-order valence-corrected chi connectivity index (χ3v) is 6.22. The van der Waals surface area contributed by atoms with E-state index in [2.05, 4.69) is 20.8 Å². The minimum atomic E-state index is 0.205. The minimum absolute atomic E-state index is 0.205. The first-order chi connectivity index (χ1) is 14.2. The highest BCUT2D eigenvalue weighted by Crippen LogP contribution is 2.36. The molecule has 1 aliphatic heterocycles. The number of aromatic hydroxyl groups is 1. The maximum atomic E-state index is 10.7. The minimum Gasteiger partial charge on any atom is -0.507 e. The van der Waals surface area contributed by atoms with Gasteiger partial charge >= 0.3 is 0 Å². The van der Waals surface area contributed by atoms with Crippen LogP contribution in [0.1, 0.15) is 18.4 Å². The van der Waals surface area contributed by atoms with E-state index in [9.17, 15) is 5.11 Å². The summed E-state index contributed by atoms with van der Waals surface area (Å²) in [6.07, 6.45) is 5.74. The Bertz CT molecular complexity index is 1150. The van der Waals surface area contributed by atoms with Gasteiger partial charge in [-0.15, -0.1) is 0 Å². The zero-order valence-electron chi connectivity index (χ0n) is 16.1. The number of thiazole rings is 1. The molecule has 5 rings (SSSR count). The fraction of sp³-hybridized carbons (Fsp3) is 0.286. The molecule has 3 aromatic heterocycles. The van der Waals surface area contributed by atoms with Gasteiger partial charge in [-0.25, -0.2) is 9.97 Å². The van der Waals surface area contributed by atoms with Gasteiger partial charge in [0.1, 0.15) is 16.1 Å². The third-order valence-electron chi connectivity index (χ3n) is 5.33. The van der Waals surface area contributed by atoms with Gasteiger partial charge in [-0.1, -0.05) is 17.4 Å². The Balaban J connectivity index is 1.47. The molecule has 7 nitrogen and oxygen atoms in total. The first-order valence-electron chi connectivity index (χ1n) is 9.75. The number of rotatable bonds is 4. The predicted molar refractivity (Wildman–Crippen MR) is 116 cm³/mol. The van der Waals surface area contributed by atoms with Gasteiger partial charge in [0.25, 0.3) is 0 Å². The molecular weight excluding hydrogens is 384 g/mol. The van der Waals surface area contributed by atoms with Gasteiger partial charge in [0.05, 0.1) is 11.9 Å². The number of pyridine rings is 1. The number of nitrogens with one attached hydrogen (secondary N) is 3. The van der Waals surface area contributed by atoms with Crippen molar-refractivity contribution in [3.8, 4) is 28.1 Å². The molecule has 1 aliphatic rings. The first kappa shape index (κ1) is 18.1. The van der Waals surface area contributed by atoms with Crippen LogP contribution in [0, 0.1) is 6.92 Å². The van der Waals surface area contributed by atoms with Crippen LogP contribution < -0.4 is 10.6 Å². The lowest BCUT2D eigenvalue weighted by atomic mass is 10.0. The molecule has 4 aromatic rings. The number of piperidine rings is 1. The standard InChI is InChI=1S/C21H22N6OS/c1-12-8-17-20(29-21(26-17)25-15-4-6-22-7-5-15)27-19(12)16-3-2-13(9-18(16)28)14-10-23-24-11-14/h2-3,8-11,15,22,28H,4-7H2,1H3,(H,23,24)(H,25,26). The van der Waals surface area contributed by atoms with Gasteiger partial charge in [-0.3, -0.25) is 5.10 Å². The van der Waals surface area contributed by atoms with E-state index in [1.807, 2.05) is 25.1 Å². The van der Waals surface area contributed by atoms with Gasteiger partial charge in [0.2, 0.25) is 0 Å². The van der Waals surface area contributed by atoms with Crippen molar-refractivity contribution in [2.45, 2.75) is 25.8 Å². The van der Waals surface area contributed by atoms with E-state index in [1.165, 1.54) is 0 Å². The summed E-state index contributed by atoms with van der Waals surface area (Å²) in [7, 11) is 0. The average Bonchev–Trinajstić information content (AvgIpc) is 3.38. The van der Waals surface area contributed by atoms with Crippen LogP contribution in [0.3, 0.4) is 0 Å². The molecule has 1 fully saturated rings. The monoisotopic (exact) mass is 406 g/mol. The second-order valence-electron chi connectivity index (χ2n) is 7.38. The summed E-state index contributed by atoms with van der Waals surface area (Å²) < 4.78 is 0. The largest absolute Gasteiger partial charge is 0.507 e. The number of hydrogen-bond donors (Lipinski definition) is 4. The van der Waals surface area contributed by atoms with Gasteiger partial charge < -0.3 is 15.7 Å². The number of anilines is 1. The van der Waals surface area contributed by atoms with E-state index in [0.717, 1.165) is 69.4 Å². The van der Waals surface area contributed by atoms with Crippen molar-refractivity contribution < 1.29 is 5.11 Å². The maximum Gasteiger partial charge on any atom is 0.185 e. The number of H-pyrrole nitrogens is 1. The summed E-state index contributed by atoms with van der Waals surface area (Å²) in [5.41, 5.74) is 5.22. The summed E-state index contributed by atoms with van der Waals surface area (Å²) in [6, 6.07) is 8.14. The van der Waals surface area contributed by atoms with Crippen LogP contribution in [0.25, 0.3) is 32.7 Å². The molecule has 0 aliphatic carbocycles. The molecule has 0 amide bonds. The quantitative estimate of drug-likeness (QED) is 0.410. The van der Waals surface area contributed by atoms with Crippen molar-refractivity contribution in [2.24, 2.45) is 0 Å². The second kappa shape index (κ2) is 7.46. The van der Waals surface area contributed by atoms with Crippen LogP contribution in [-0.2, 0) is 0 Å². The molecule has 4 heterocycles. The molecule has 0 radical (unpaired) electrons. The lowest BCUT2D eigenvalue weighted by Crippen LogP contribution is -2.35. The second-order valence-corrected chi connectivity index (χ2v) is 8.36. The number of phenolic OH excluding ortho intramolecular Hbond substituents is 1. The molecule has 4 N–H and O–H groups in total. The fourth-order valence-electron chi connectivity index (χ4n) is 3.76. The van der Waals surface area contributed by atoms with E-state index in [-0.39, 0.29) is 5.75 Å². The van der Waals surface area contributed by atoms with Gasteiger partial charge in [0.15, 0.2) is 5.13 Å². The first-order valence-corrected chi connectivity index (χ1v) is 10.6. The van der Waals surface area contributed by atoms with Crippen LogP contribution in [0.15, 0.2) is 36.7 Å². The zero-order valence-corrected chi connectivity index (χ0v) is 16.9. The fourth-order valence-corrected chi connectivity index (χ4v) is 4.66. The number of phenols is 1.